The molecule has 0 fully saturated rings. The van der Waals surface area contributed by atoms with Crippen molar-refractivity contribution in [2.24, 2.45) is 0 Å². The Morgan fingerprint density at radius 1 is 0.650 bits per heavy atom. The molecule has 8 heteroatoms. The van der Waals surface area contributed by atoms with E-state index < -0.39 is 29.2 Å². The largest absolute Gasteiger partial charge is 0.422 e. The molecule has 0 saturated heterocycles. The number of halogens is 6. The second-order valence-corrected chi connectivity index (χ2v) is 10.2. The minimum atomic E-state index is -5.12. The minimum absolute atomic E-state index is 0.00979. The predicted octanol–water partition coefficient (Wildman–Crippen LogP) is 9.15. The fourth-order valence-electron chi connectivity index (χ4n) is 4.88. The summed E-state index contributed by atoms with van der Waals surface area (Å²) in [4.78, 5) is 8.99. The Hall–Kier alpha value is -3.42. The summed E-state index contributed by atoms with van der Waals surface area (Å²) < 4.78 is 81.4. The molecule has 0 aliphatic carbocycles. The number of aryl methyl sites for hydroxylation is 5. The molecule has 0 N–H and O–H groups in total. The highest BCUT2D eigenvalue weighted by Gasteiger charge is 2.37. The zero-order valence-electron chi connectivity index (χ0n) is 22.4. The first-order valence-electron chi connectivity index (χ1n) is 13.7. The molecule has 4 aromatic rings. The summed E-state index contributed by atoms with van der Waals surface area (Å²) in [6, 6.07) is 10.1. The molecule has 3 aromatic carbocycles. The van der Waals surface area contributed by atoms with E-state index in [0.717, 1.165) is 29.8 Å². The van der Waals surface area contributed by atoms with E-state index in [1.165, 1.54) is 25.7 Å². The van der Waals surface area contributed by atoms with Gasteiger partial charge in [0.1, 0.15) is 28.8 Å². The highest BCUT2D eigenvalue weighted by atomic mass is 19.4. The molecule has 0 aliphatic rings. The van der Waals surface area contributed by atoms with Gasteiger partial charge in [-0.3, -0.25) is 0 Å². The van der Waals surface area contributed by atoms with Crippen LogP contribution in [0.1, 0.15) is 72.7 Å². The van der Waals surface area contributed by atoms with Crippen molar-refractivity contribution in [1.29, 1.82) is 0 Å². The minimum Gasteiger partial charge on any atom is -0.241 e. The third kappa shape index (κ3) is 7.61. The van der Waals surface area contributed by atoms with Crippen molar-refractivity contribution < 1.29 is 26.3 Å². The SMILES string of the molecule is CCCCCCCc1cnc(CCc2ccc3c(F)c(CCc4cc(F)c(C(F)(F)F)c(F)c4)ccc3c2)nc1. The van der Waals surface area contributed by atoms with E-state index in [0.29, 0.717) is 41.3 Å². The van der Waals surface area contributed by atoms with E-state index in [1.807, 2.05) is 24.5 Å². The molecule has 0 spiro atoms. The Kier molecular flexibility index (Phi) is 9.82. The molecule has 0 amide bonds. The summed E-state index contributed by atoms with van der Waals surface area (Å²) in [6.45, 7) is 2.20. The highest BCUT2D eigenvalue weighted by Crippen LogP contribution is 2.34. The molecule has 1 heterocycles. The molecule has 212 valence electrons. The van der Waals surface area contributed by atoms with Crippen LogP contribution in [0.4, 0.5) is 26.3 Å². The topological polar surface area (TPSA) is 25.8 Å². The molecule has 4 rings (SSSR count). The zero-order valence-corrected chi connectivity index (χ0v) is 22.4. The summed E-state index contributed by atoms with van der Waals surface area (Å²) in [6.07, 6.45) is 7.20. The second-order valence-electron chi connectivity index (χ2n) is 10.2. The van der Waals surface area contributed by atoms with Crippen LogP contribution in [0.15, 0.2) is 54.9 Å². The van der Waals surface area contributed by atoms with Gasteiger partial charge in [0.25, 0.3) is 0 Å². The van der Waals surface area contributed by atoms with Crippen molar-refractivity contribution >= 4 is 10.8 Å². The normalized spacial score (nSPS) is 11.9. The van der Waals surface area contributed by atoms with E-state index in [-0.39, 0.29) is 18.4 Å². The molecule has 0 atom stereocenters. The van der Waals surface area contributed by atoms with Gasteiger partial charge in [-0.25, -0.2) is 23.1 Å². The van der Waals surface area contributed by atoms with E-state index in [4.69, 9.17) is 0 Å². The van der Waals surface area contributed by atoms with Crippen LogP contribution in [0.5, 0.6) is 0 Å². The number of nitrogens with zero attached hydrogens (tertiary/aromatic N) is 2. The molecular formula is C32H32F6N2. The highest BCUT2D eigenvalue weighted by molar-refractivity contribution is 5.84. The summed E-state index contributed by atoms with van der Waals surface area (Å²) in [5, 5.41) is 1.12. The van der Waals surface area contributed by atoms with Gasteiger partial charge in [-0.05, 0) is 71.9 Å². The molecule has 2 nitrogen and oxygen atoms in total. The van der Waals surface area contributed by atoms with Gasteiger partial charge >= 0.3 is 6.18 Å². The molecule has 1 aromatic heterocycles. The molecule has 0 radical (unpaired) electrons. The lowest BCUT2D eigenvalue weighted by molar-refractivity contribution is -0.142. The van der Waals surface area contributed by atoms with Crippen molar-refractivity contribution in [3.8, 4) is 0 Å². The maximum Gasteiger partial charge on any atom is 0.422 e. The van der Waals surface area contributed by atoms with Gasteiger partial charge in [-0.2, -0.15) is 13.2 Å². The van der Waals surface area contributed by atoms with Crippen LogP contribution in [-0.2, 0) is 38.3 Å². The Morgan fingerprint density at radius 2 is 1.32 bits per heavy atom. The quantitative estimate of drug-likeness (QED) is 0.128. The van der Waals surface area contributed by atoms with E-state index >= 15 is 4.39 Å². The van der Waals surface area contributed by atoms with Crippen molar-refractivity contribution in [2.75, 3.05) is 0 Å². The first kappa shape index (κ1) is 29.6. The van der Waals surface area contributed by atoms with Crippen LogP contribution in [0.25, 0.3) is 10.8 Å². The van der Waals surface area contributed by atoms with Crippen molar-refractivity contribution in [3.05, 3.63) is 106 Å². The molecule has 40 heavy (non-hydrogen) atoms. The van der Waals surface area contributed by atoms with E-state index in [9.17, 15) is 22.0 Å². The van der Waals surface area contributed by atoms with Gasteiger partial charge in [0.2, 0.25) is 0 Å². The van der Waals surface area contributed by atoms with Crippen LogP contribution in [0, 0.1) is 17.5 Å². The Labute approximate surface area is 230 Å². The number of unbranched alkanes of at least 4 members (excludes halogenated alkanes) is 4. The molecule has 0 saturated carbocycles. The standard InChI is InChI=1S/C32H32F6N2/c1-2-3-4-5-6-7-23-19-39-29(40-20-23)15-10-21-9-14-26-25(16-21)13-12-24(31(26)35)11-8-22-17-27(33)30(28(34)18-22)32(36,37)38/h9,12-14,16-20H,2-8,10-11,15H2,1H3. The Balaban J connectivity index is 1.35. The molecule has 0 unspecified atom stereocenters. The second kappa shape index (κ2) is 13.3. The first-order chi connectivity index (χ1) is 19.2. The van der Waals surface area contributed by atoms with Gasteiger partial charge in [0, 0.05) is 24.2 Å². The van der Waals surface area contributed by atoms with Gasteiger partial charge in [0.15, 0.2) is 0 Å². The van der Waals surface area contributed by atoms with E-state index in [1.54, 1.807) is 18.2 Å². The zero-order chi connectivity index (χ0) is 28.7. The fraction of sp³-hybridized carbons (Fsp3) is 0.375. The molecular weight excluding hydrogens is 526 g/mol. The monoisotopic (exact) mass is 558 g/mol. The predicted molar refractivity (Wildman–Crippen MR) is 145 cm³/mol. The number of hydrogen-bond acceptors (Lipinski definition) is 2. The summed E-state index contributed by atoms with van der Waals surface area (Å²) in [5.74, 6) is -3.04. The molecule has 0 bridgehead atoms. The summed E-state index contributed by atoms with van der Waals surface area (Å²) in [7, 11) is 0. The Bertz CT molecular complexity index is 1410. The lowest BCUT2D eigenvalue weighted by Crippen LogP contribution is -2.12. The lowest BCUT2D eigenvalue weighted by Gasteiger charge is -2.12. The van der Waals surface area contributed by atoms with E-state index in [2.05, 4.69) is 16.9 Å². The van der Waals surface area contributed by atoms with Gasteiger partial charge < -0.3 is 0 Å². The van der Waals surface area contributed by atoms with Crippen LogP contribution < -0.4 is 0 Å². The smallest absolute Gasteiger partial charge is 0.241 e. The lowest BCUT2D eigenvalue weighted by atomic mass is 9.97. The summed E-state index contributed by atoms with van der Waals surface area (Å²) in [5.41, 5.74) is 0.588. The number of hydrogen-bond donors (Lipinski definition) is 0. The third-order valence-electron chi connectivity index (χ3n) is 7.13. The van der Waals surface area contributed by atoms with Gasteiger partial charge in [-0.1, -0.05) is 62.9 Å². The average molecular weight is 559 g/mol. The number of fused-ring (bicyclic) bond motifs is 1. The average Bonchev–Trinajstić information content (AvgIpc) is 2.91. The van der Waals surface area contributed by atoms with Crippen LogP contribution in [0.3, 0.4) is 0 Å². The number of aromatic nitrogens is 2. The van der Waals surface area contributed by atoms with Crippen LogP contribution in [0.2, 0.25) is 0 Å². The van der Waals surface area contributed by atoms with Crippen LogP contribution in [-0.4, -0.2) is 9.97 Å². The third-order valence-corrected chi connectivity index (χ3v) is 7.13. The van der Waals surface area contributed by atoms with Crippen LogP contribution >= 0.6 is 0 Å². The van der Waals surface area contributed by atoms with Crippen molar-refractivity contribution in [1.82, 2.24) is 9.97 Å². The van der Waals surface area contributed by atoms with Crippen molar-refractivity contribution in [2.45, 2.75) is 77.3 Å². The van der Waals surface area contributed by atoms with Gasteiger partial charge in [0.05, 0.1) is 0 Å². The molecule has 0 aliphatic heterocycles. The van der Waals surface area contributed by atoms with Gasteiger partial charge in [-0.15, -0.1) is 0 Å². The van der Waals surface area contributed by atoms with Crippen molar-refractivity contribution in [3.63, 3.8) is 0 Å². The maximum atomic E-state index is 15.2. The summed E-state index contributed by atoms with van der Waals surface area (Å²) >= 11 is 0. The fourth-order valence-corrected chi connectivity index (χ4v) is 4.88. The first-order valence-corrected chi connectivity index (χ1v) is 13.7. The number of rotatable bonds is 12. The Morgan fingerprint density at radius 3 is 2.00 bits per heavy atom. The maximum absolute atomic E-state index is 15.2. The number of benzene rings is 3. The number of alkyl halides is 3.